The van der Waals surface area contributed by atoms with E-state index in [0.717, 1.165) is 13.1 Å². The van der Waals surface area contributed by atoms with Crippen LogP contribution in [0.4, 0.5) is 0 Å². The number of nitrogens with one attached hydrogen (secondary N) is 1. The van der Waals surface area contributed by atoms with Gasteiger partial charge in [-0.05, 0) is 6.92 Å². The Balaban J connectivity index is 2.30. The Kier molecular flexibility index (Phi) is 1.24. The monoisotopic (exact) mass is 137 g/mol. The molecule has 0 amide bonds. The van der Waals surface area contributed by atoms with Gasteiger partial charge in [0, 0.05) is 25.3 Å². The molecule has 54 valence electrons. The molecule has 1 atom stereocenters. The minimum atomic E-state index is 0.585. The lowest BCUT2D eigenvalue weighted by Gasteiger charge is -2.21. The number of rotatable bonds is 0. The third kappa shape index (κ3) is 0.827. The zero-order valence-electron chi connectivity index (χ0n) is 6.04. The van der Waals surface area contributed by atoms with Crippen LogP contribution in [-0.2, 0) is 13.1 Å². The van der Waals surface area contributed by atoms with Gasteiger partial charge in [0.05, 0.1) is 12.0 Å². The summed E-state index contributed by atoms with van der Waals surface area (Å²) < 4.78 is 2.20. The summed E-state index contributed by atoms with van der Waals surface area (Å²) >= 11 is 0. The maximum absolute atomic E-state index is 4.06. The summed E-state index contributed by atoms with van der Waals surface area (Å²) in [4.78, 5) is 4.06. The van der Waals surface area contributed by atoms with Crippen LogP contribution >= 0.6 is 0 Å². The smallest absolute Gasteiger partial charge is 0.0949 e. The van der Waals surface area contributed by atoms with Gasteiger partial charge in [0.25, 0.3) is 0 Å². The number of hydrogen-bond acceptors (Lipinski definition) is 2. The molecule has 10 heavy (non-hydrogen) atoms. The lowest BCUT2D eigenvalue weighted by molar-refractivity contribution is 0.416. The molecule has 2 rings (SSSR count). The molecule has 0 radical (unpaired) electrons. The van der Waals surface area contributed by atoms with Crippen LogP contribution in [0.5, 0.6) is 0 Å². The predicted octanol–water partition coefficient (Wildman–Crippen LogP) is 0.375. The van der Waals surface area contributed by atoms with Crippen molar-refractivity contribution in [1.29, 1.82) is 0 Å². The van der Waals surface area contributed by atoms with E-state index in [9.17, 15) is 0 Å². The Morgan fingerprint density at radius 3 is 3.60 bits per heavy atom. The first-order valence-corrected chi connectivity index (χ1v) is 3.58. The summed E-state index contributed by atoms with van der Waals surface area (Å²) in [5.74, 6) is 0. The van der Waals surface area contributed by atoms with Crippen LogP contribution in [0.1, 0.15) is 12.6 Å². The van der Waals surface area contributed by atoms with Crippen molar-refractivity contribution in [2.75, 3.05) is 0 Å². The molecule has 1 aliphatic rings. The van der Waals surface area contributed by atoms with Crippen molar-refractivity contribution < 1.29 is 0 Å². The SMILES string of the molecule is C[C@@H]1Cn2cncc2CN1. The van der Waals surface area contributed by atoms with Crippen LogP contribution in [-0.4, -0.2) is 15.6 Å². The van der Waals surface area contributed by atoms with Crippen molar-refractivity contribution in [2.24, 2.45) is 0 Å². The van der Waals surface area contributed by atoms with E-state index in [2.05, 4.69) is 21.8 Å². The van der Waals surface area contributed by atoms with Crippen LogP contribution in [0.2, 0.25) is 0 Å². The predicted molar refractivity (Wildman–Crippen MR) is 38.5 cm³/mol. The van der Waals surface area contributed by atoms with Gasteiger partial charge in [-0.25, -0.2) is 4.98 Å². The van der Waals surface area contributed by atoms with Crippen molar-refractivity contribution in [2.45, 2.75) is 26.1 Å². The zero-order valence-corrected chi connectivity index (χ0v) is 6.04. The van der Waals surface area contributed by atoms with Gasteiger partial charge < -0.3 is 9.88 Å². The van der Waals surface area contributed by atoms with Gasteiger partial charge in [0.2, 0.25) is 0 Å². The topological polar surface area (TPSA) is 29.9 Å². The Labute approximate surface area is 60.1 Å². The number of aromatic nitrogens is 2. The van der Waals surface area contributed by atoms with Crippen LogP contribution in [0, 0.1) is 0 Å². The Morgan fingerprint density at radius 1 is 1.80 bits per heavy atom. The summed E-state index contributed by atoms with van der Waals surface area (Å²) in [6.07, 6.45) is 3.81. The molecular formula is C7H11N3. The van der Waals surface area contributed by atoms with Crippen molar-refractivity contribution in [3.8, 4) is 0 Å². The van der Waals surface area contributed by atoms with E-state index in [-0.39, 0.29) is 0 Å². The Hall–Kier alpha value is -0.830. The molecule has 1 aliphatic heterocycles. The van der Waals surface area contributed by atoms with Crippen LogP contribution < -0.4 is 5.32 Å². The first-order valence-electron chi connectivity index (χ1n) is 3.58. The molecule has 0 spiro atoms. The fourth-order valence-electron chi connectivity index (χ4n) is 1.30. The molecule has 1 aromatic rings. The molecule has 2 heterocycles. The lowest BCUT2D eigenvalue weighted by Crippen LogP contribution is -2.35. The van der Waals surface area contributed by atoms with Gasteiger partial charge in [-0.3, -0.25) is 0 Å². The fraction of sp³-hybridized carbons (Fsp3) is 0.571. The second-order valence-corrected chi connectivity index (χ2v) is 2.82. The van der Waals surface area contributed by atoms with Crippen LogP contribution in [0.25, 0.3) is 0 Å². The standard InChI is InChI=1S/C7H11N3/c1-6-4-10-5-8-2-7(10)3-9-6/h2,5-6,9H,3-4H2,1H3/t6-/m1/s1. The lowest BCUT2D eigenvalue weighted by atomic mass is 10.2. The summed E-state index contributed by atoms with van der Waals surface area (Å²) in [6.45, 7) is 4.19. The van der Waals surface area contributed by atoms with Crippen LogP contribution in [0.15, 0.2) is 12.5 Å². The highest BCUT2D eigenvalue weighted by molar-refractivity contribution is 5.01. The molecule has 0 aliphatic carbocycles. The van der Waals surface area contributed by atoms with Gasteiger partial charge in [-0.15, -0.1) is 0 Å². The maximum Gasteiger partial charge on any atom is 0.0949 e. The minimum absolute atomic E-state index is 0.585. The Bertz CT molecular complexity index is 229. The minimum Gasteiger partial charge on any atom is -0.332 e. The molecular weight excluding hydrogens is 126 g/mol. The number of fused-ring (bicyclic) bond motifs is 1. The van der Waals surface area contributed by atoms with Gasteiger partial charge in [0.15, 0.2) is 0 Å². The molecule has 1 N–H and O–H groups in total. The number of nitrogens with zero attached hydrogens (tertiary/aromatic N) is 2. The van der Waals surface area contributed by atoms with Crippen molar-refractivity contribution in [3.05, 3.63) is 18.2 Å². The average Bonchev–Trinajstić information content (AvgIpc) is 2.33. The molecule has 1 aromatic heterocycles. The fourth-order valence-corrected chi connectivity index (χ4v) is 1.30. The van der Waals surface area contributed by atoms with Crippen molar-refractivity contribution >= 4 is 0 Å². The molecule has 0 aromatic carbocycles. The third-order valence-corrected chi connectivity index (χ3v) is 1.90. The van der Waals surface area contributed by atoms with E-state index in [4.69, 9.17) is 0 Å². The van der Waals surface area contributed by atoms with E-state index in [1.54, 1.807) is 0 Å². The van der Waals surface area contributed by atoms with Gasteiger partial charge in [-0.1, -0.05) is 0 Å². The number of imidazole rings is 1. The molecule has 0 saturated carbocycles. The quantitative estimate of drug-likeness (QED) is 0.560. The van der Waals surface area contributed by atoms with E-state index < -0.39 is 0 Å². The molecule has 0 unspecified atom stereocenters. The maximum atomic E-state index is 4.06. The van der Waals surface area contributed by atoms with Gasteiger partial charge in [0.1, 0.15) is 0 Å². The molecule has 3 heteroatoms. The largest absolute Gasteiger partial charge is 0.332 e. The first-order chi connectivity index (χ1) is 4.86. The highest BCUT2D eigenvalue weighted by Crippen LogP contribution is 2.06. The van der Waals surface area contributed by atoms with Gasteiger partial charge in [-0.2, -0.15) is 0 Å². The second kappa shape index (κ2) is 2.09. The highest BCUT2D eigenvalue weighted by atomic mass is 15.1. The van der Waals surface area contributed by atoms with Crippen molar-refractivity contribution in [1.82, 2.24) is 14.9 Å². The molecule has 3 nitrogen and oxygen atoms in total. The molecule has 0 fully saturated rings. The Morgan fingerprint density at radius 2 is 2.70 bits per heavy atom. The van der Waals surface area contributed by atoms with Crippen molar-refractivity contribution in [3.63, 3.8) is 0 Å². The van der Waals surface area contributed by atoms with E-state index in [1.807, 2.05) is 12.5 Å². The number of hydrogen-bond donors (Lipinski definition) is 1. The third-order valence-electron chi connectivity index (χ3n) is 1.90. The van der Waals surface area contributed by atoms with Gasteiger partial charge >= 0.3 is 0 Å². The zero-order chi connectivity index (χ0) is 6.97. The summed E-state index contributed by atoms with van der Waals surface area (Å²) in [5.41, 5.74) is 1.29. The summed E-state index contributed by atoms with van der Waals surface area (Å²) in [5, 5.41) is 3.36. The summed E-state index contributed by atoms with van der Waals surface area (Å²) in [6, 6.07) is 0.585. The second-order valence-electron chi connectivity index (χ2n) is 2.82. The summed E-state index contributed by atoms with van der Waals surface area (Å²) in [7, 11) is 0. The normalized spacial score (nSPS) is 24.3. The first kappa shape index (κ1) is 5.92. The van der Waals surface area contributed by atoms with E-state index >= 15 is 0 Å². The highest BCUT2D eigenvalue weighted by Gasteiger charge is 2.11. The molecule has 0 bridgehead atoms. The van der Waals surface area contributed by atoms with E-state index in [0.29, 0.717) is 6.04 Å². The van der Waals surface area contributed by atoms with Crippen LogP contribution in [0.3, 0.4) is 0 Å². The molecule has 0 saturated heterocycles. The van der Waals surface area contributed by atoms with E-state index in [1.165, 1.54) is 5.69 Å². The average molecular weight is 137 g/mol.